The number of likely N-dealkylation sites (tertiary alicyclic amines) is 1. The van der Waals surface area contributed by atoms with Crippen LogP contribution in [0, 0.1) is 11.8 Å². The summed E-state index contributed by atoms with van der Waals surface area (Å²) >= 11 is 0. The van der Waals surface area contributed by atoms with Gasteiger partial charge in [0.1, 0.15) is 12.7 Å². The van der Waals surface area contributed by atoms with Crippen LogP contribution in [0.4, 0.5) is 0 Å². The number of ether oxygens (including phenoxy) is 2. The number of hydrogen-bond acceptors (Lipinski definition) is 9. The number of nitrogens with zero attached hydrogens (tertiary/aromatic N) is 7. The zero-order chi connectivity index (χ0) is 30.6. The zero-order valence-corrected chi connectivity index (χ0v) is 25.2. The van der Waals surface area contributed by atoms with E-state index < -0.39 is 0 Å². The molecule has 2 saturated heterocycles. The highest BCUT2D eigenvalue weighted by Crippen LogP contribution is 2.37. The highest BCUT2D eigenvalue weighted by Gasteiger charge is 2.44. The molecule has 3 aliphatic rings. The fourth-order valence-electron chi connectivity index (χ4n) is 6.99. The van der Waals surface area contributed by atoms with Crippen molar-refractivity contribution in [1.82, 2.24) is 45.1 Å². The molecule has 2 fully saturated rings. The van der Waals surface area contributed by atoms with E-state index >= 15 is 0 Å². The third-order valence-corrected chi connectivity index (χ3v) is 8.99. The SMILES string of the molecule is COc1cc2cc(c1OC)CCCNC(=O)CCC[C@H]1[C@@H]3C[C@@H](CN(C(=O)c4nc(-n5cnnc5)n[nH]4)C3)CN1C(=O)CC2. The molecule has 44 heavy (non-hydrogen) atoms. The van der Waals surface area contributed by atoms with Crippen LogP contribution in [0.25, 0.3) is 5.95 Å². The van der Waals surface area contributed by atoms with Gasteiger partial charge >= 0.3 is 0 Å². The molecule has 3 amide bonds. The Hall–Kier alpha value is -4.49. The van der Waals surface area contributed by atoms with Crippen LogP contribution in [0.3, 0.4) is 0 Å². The minimum Gasteiger partial charge on any atom is -0.493 e. The molecule has 14 nitrogen and oxygen atoms in total. The lowest BCUT2D eigenvalue weighted by molar-refractivity contribution is -0.140. The number of H-pyrrole nitrogens is 1. The van der Waals surface area contributed by atoms with Crippen LogP contribution in [0.15, 0.2) is 24.8 Å². The van der Waals surface area contributed by atoms with Gasteiger partial charge in [-0.05, 0) is 67.6 Å². The molecule has 234 valence electrons. The molecule has 3 aromatic rings. The van der Waals surface area contributed by atoms with Gasteiger partial charge in [0.15, 0.2) is 11.5 Å². The first-order chi connectivity index (χ1) is 21.4. The number of aromatic nitrogens is 6. The quantitative estimate of drug-likeness (QED) is 0.450. The number of carbonyl (C=O) groups excluding carboxylic acids is 3. The number of amides is 3. The van der Waals surface area contributed by atoms with Crippen LogP contribution in [0.2, 0.25) is 0 Å². The van der Waals surface area contributed by atoms with Crippen molar-refractivity contribution in [2.24, 2.45) is 11.8 Å². The molecular weight excluding hydrogens is 566 g/mol. The predicted molar refractivity (Wildman–Crippen MR) is 157 cm³/mol. The predicted octanol–water partition coefficient (Wildman–Crippen LogP) is 1.56. The second kappa shape index (κ2) is 13.0. The van der Waals surface area contributed by atoms with E-state index in [2.05, 4.69) is 36.8 Å². The number of aryl methyl sites for hydroxylation is 2. The maximum atomic E-state index is 13.8. The molecule has 1 aromatic carbocycles. The maximum absolute atomic E-state index is 13.8. The van der Waals surface area contributed by atoms with Gasteiger partial charge in [-0.15, -0.1) is 15.3 Å². The summed E-state index contributed by atoms with van der Waals surface area (Å²) in [5.41, 5.74) is 2.02. The summed E-state index contributed by atoms with van der Waals surface area (Å²) in [6, 6.07) is 3.98. The second-order valence-electron chi connectivity index (χ2n) is 11.9. The molecule has 3 aliphatic heterocycles. The Balaban J connectivity index is 1.20. The molecule has 14 heteroatoms. The third-order valence-electron chi connectivity index (χ3n) is 8.99. The minimum atomic E-state index is -0.219. The lowest BCUT2D eigenvalue weighted by atomic mass is 9.77. The first-order valence-electron chi connectivity index (χ1n) is 15.3. The Bertz CT molecular complexity index is 1490. The van der Waals surface area contributed by atoms with Crippen molar-refractivity contribution in [3.8, 4) is 17.4 Å². The molecule has 0 radical (unpaired) electrons. The normalized spacial score (nSPS) is 23.1. The van der Waals surface area contributed by atoms with Gasteiger partial charge in [0.25, 0.3) is 11.9 Å². The average molecular weight is 606 g/mol. The largest absolute Gasteiger partial charge is 0.493 e. The Kier molecular flexibility index (Phi) is 8.75. The van der Waals surface area contributed by atoms with E-state index in [4.69, 9.17) is 9.47 Å². The summed E-state index contributed by atoms with van der Waals surface area (Å²) in [4.78, 5) is 48.2. The second-order valence-corrected chi connectivity index (χ2v) is 11.9. The van der Waals surface area contributed by atoms with Crippen LogP contribution in [0.5, 0.6) is 11.5 Å². The Morgan fingerprint density at radius 3 is 2.61 bits per heavy atom. The monoisotopic (exact) mass is 605 g/mol. The maximum Gasteiger partial charge on any atom is 0.291 e. The lowest BCUT2D eigenvalue weighted by Gasteiger charge is -2.51. The summed E-state index contributed by atoms with van der Waals surface area (Å²) in [5, 5.41) is 17.5. The van der Waals surface area contributed by atoms with E-state index in [0.717, 1.165) is 30.4 Å². The number of benzene rings is 1. The van der Waals surface area contributed by atoms with Crippen molar-refractivity contribution in [3.63, 3.8) is 0 Å². The first-order valence-corrected chi connectivity index (χ1v) is 15.3. The van der Waals surface area contributed by atoms with Gasteiger partial charge in [-0.3, -0.25) is 24.0 Å². The van der Waals surface area contributed by atoms with Crippen LogP contribution < -0.4 is 14.8 Å². The highest BCUT2D eigenvalue weighted by atomic mass is 16.5. The van der Waals surface area contributed by atoms with Crippen molar-refractivity contribution < 1.29 is 23.9 Å². The van der Waals surface area contributed by atoms with Crippen LogP contribution in [-0.2, 0) is 22.4 Å². The van der Waals surface area contributed by atoms with Gasteiger partial charge in [-0.2, -0.15) is 4.98 Å². The van der Waals surface area contributed by atoms with Gasteiger partial charge in [-0.25, -0.2) is 0 Å². The van der Waals surface area contributed by atoms with Gasteiger partial charge in [0, 0.05) is 45.1 Å². The van der Waals surface area contributed by atoms with E-state index in [1.54, 1.807) is 14.2 Å². The van der Waals surface area contributed by atoms with E-state index in [1.807, 2.05) is 15.9 Å². The highest BCUT2D eigenvalue weighted by molar-refractivity contribution is 5.90. The molecule has 0 saturated carbocycles. The number of carbonyl (C=O) groups is 3. The fourth-order valence-corrected chi connectivity index (χ4v) is 6.99. The fraction of sp³-hybridized carbons (Fsp3) is 0.567. The molecule has 2 N–H and O–H groups in total. The topological polar surface area (TPSA) is 160 Å². The van der Waals surface area contributed by atoms with Crippen LogP contribution in [0.1, 0.15) is 60.3 Å². The number of fused-ring (bicyclic) bond motifs is 6. The molecular formula is C30H39N9O5. The Labute approximate surface area is 255 Å². The number of rotatable bonds is 4. The van der Waals surface area contributed by atoms with Crippen molar-refractivity contribution in [1.29, 1.82) is 0 Å². The van der Waals surface area contributed by atoms with Gasteiger partial charge in [0.2, 0.25) is 17.6 Å². The van der Waals surface area contributed by atoms with E-state index in [-0.39, 0.29) is 41.4 Å². The summed E-state index contributed by atoms with van der Waals surface area (Å²) in [7, 11) is 3.24. The molecule has 0 aliphatic carbocycles. The number of aromatic amines is 1. The lowest BCUT2D eigenvalue weighted by Crippen LogP contribution is -2.60. The first kappa shape index (κ1) is 29.6. The van der Waals surface area contributed by atoms with Crippen molar-refractivity contribution >= 4 is 17.7 Å². The molecule has 2 aromatic heterocycles. The zero-order valence-electron chi connectivity index (χ0n) is 25.2. The minimum absolute atomic E-state index is 0.0108. The van der Waals surface area contributed by atoms with E-state index in [0.29, 0.717) is 75.7 Å². The summed E-state index contributed by atoms with van der Waals surface area (Å²) < 4.78 is 12.8. The number of methoxy groups -OCH3 is 2. The Morgan fingerprint density at radius 2 is 1.82 bits per heavy atom. The van der Waals surface area contributed by atoms with Crippen LogP contribution in [-0.4, -0.2) is 104 Å². The number of hydrogen-bond donors (Lipinski definition) is 2. The molecule has 0 unspecified atom stereocenters. The van der Waals surface area contributed by atoms with E-state index in [1.165, 1.54) is 17.2 Å². The smallest absolute Gasteiger partial charge is 0.291 e. The summed E-state index contributed by atoms with van der Waals surface area (Å²) in [5.74, 6) is 1.94. The van der Waals surface area contributed by atoms with Gasteiger partial charge < -0.3 is 24.6 Å². The van der Waals surface area contributed by atoms with Gasteiger partial charge in [0.05, 0.1) is 14.2 Å². The summed E-state index contributed by atoms with van der Waals surface area (Å²) in [6.45, 7) is 2.20. The number of piperidine rings is 2. The van der Waals surface area contributed by atoms with E-state index in [9.17, 15) is 14.4 Å². The number of nitrogens with one attached hydrogen (secondary N) is 2. The third kappa shape index (κ3) is 6.24. The van der Waals surface area contributed by atoms with Crippen LogP contribution >= 0.6 is 0 Å². The molecule has 3 atom stereocenters. The molecule has 6 rings (SSSR count). The average Bonchev–Trinajstić information content (AvgIpc) is 3.74. The standard InChI is InChI=1S/C30H39N9O5/c1-43-24-13-19-8-9-26(41)39-15-20-12-22(16-37(14-20)29(42)28-34-30(36-35-28)38-17-32-33-18-38)23(39)6-3-7-25(40)31-10-4-5-21(11-19)27(24)44-2/h11,13,17-18,20,22-23H,3-10,12,14-16H2,1-2H3,(H,31,40)(H,34,35,36)/t20-,22+,23-/m0/s1. The molecule has 5 heterocycles. The van der Waals surface area contributed by atoms with Crippen molar-refractivity contribution in [2.45, 2.75) is 57.4 Å². The van der Waals surface area contributed by atoms with Crippen molar-refractivity contribution in [3.05, 3.63) is 41.7 Å². The van der Waals surface area contributed by atoms with Crippen molar-refractivity contribution in [2.75, 3.05) is 40.4 Å². The Morgan fingerprint density at radius 1 is 0.977 bits per heavy atom. The molecule has 0 spiro atoms. The summed E-state index contributed by atoms with van der Waals surface area (Å²) in [6.07, 6.45) is 8.10. The van der Waals surface area contributed by atoms with Gasteiger partial charge in [-0.1, -0.05) is 6.07 Å². The molecule has 4 bridgehead atoms.